The lowest BCUT2D eigenvalue weighted by molar-refractivity contribution is 0.0643. The highest BCUT2D eigenvalue weighted by Crippen LogP contribution is 2.28. The summed E-state index contributed by atoms with van der Waals surface area (Å²) in [6, 6.07) is 12.8. The van der Waals surface area contributed by atoms with Crippen molar-refractivity contribution >= 4 is 17.7 Å². The first-order valence-electron chi connectivity index (χ1n) is 10.9. The third-order valence-electron chi connectivity index (χ3n) is 5.84. The second kappa shape index (κ2) is 10.3. The molecule has 4 rings (SSSR count). The number of nitrogens with zero attached hydrogens (tertiary/aromatic N) is 3. The Bertz CT molecular complexity index is 1080. The maximum absolute atomic E-state index is 14.7. The zero-order valence-corrected chi connectivity index (χ0v) is 19.0. The Kier molecular flexibility index (Phi) is 7.27. The van der Waals surface area contributed by atoms with Crippen LogP contribution in [0.2, 0.25) is 0 Å². The highest BCUT2D eigenvalue weighted by molar-refractivity contribution is 7.99. The first-order valence-corrected chi connectivity index (χ1v) is 12.1. The molecule has 1 aliphatic heterocycles. The highest BCUT2D eigenvalue weighted by atomic mass is 32.2. The fourth-order valence-electron chi connectivity index (χ4n) is 4.15. The number of aryl methyl sites for hydroxylation is 1. The van der Waals surface area contributed by atoms with Crippen LogP contribution in [0.5, 0.6) is 0 Å². The molecule has 0 saturated carbocycles. The average Bonchev–Trinajstić information content (AvgIpc) is 3.25. The van der Waals surface area contributed by atoms with Gasteiger partial charge in [-0.25, -0.2) is 9.37 Å². The van der Waals surface area contributed by atoms with E-state index in [4.69, 9.17) is 0 Å². The lowest BCUT2D eigenvalue weighted by Crippen LogP contribution is -2.42. The Balaban J connectivity index is 1.64. The van der Waals surface area contributed by atoms with Crippen LogP contribution in [0.1, 0.15) is 34.5 Å². The lowest BCUT2D eigenvalue weighted by Gasteiger charge is -2.34. The second-order valence-electron chi connectivity index (χ2n) is 8.19. The number of carbonyl (C=O) groups is 1. The quantitative estimate of drug-likeness (QED) is 0.580. The summed E-state index contributed by atoms with van der Waals surface area (Å²) in [6.45, 7) is 0.463. The predicted octanol–water partition coefficient (Wildman–Crippen LogP) is 4.30. The maximum Gasteiger partial charge on any atom is 0.274 e. The van der Waals surface area contributed by atoms with E-state index in [0.717, 1.165) is 41.0 Å². The van der Waals surface area contributed by atoms with Gasteiger partial charge in [0.15, 0.2) is 0 Å². The van der Waals surface area contributed by atoms with E-state index < -0.39 is 0 Å². The minimum atomic E-state index is -0.299. The molecule has 1 N–H and O–H groups in total. The summed E-state index contributed by atoms with van der Waals surface area (Å²) in [7, 11) is 1.85. The van der Waals surface area contributed by atoms with E-state index in [-0.39, 0.29) is 24.4 Å². The summed E-state index contributed by atoms with van der Waals surface area (Å²) in [6.07, 6.45) is 5.80. The molecule has 0 radical (unpaired) electrons. The van der Waals surface area contributed by atoms with E-state index in [1.807, 2.05) is 54.0 Å². The normalized spacial score (nSPS) is 14.5. The number of hydrogen-bond donors (Lipinski definition) is 1. The SMILES string of the molecule is Cn1cnc(C(=O)N(Cc2ccc(F)c(-c3cccc(CCO)c3)c2)C2CCSCC2)c1. The van der Waals surface area contributed by atoms with Crippen LogP contribution in [0, 0.1) is 5.82 Å². The van der Waals surface area contributed by atoms with Crippen LogP contribution in [0.25, 0.3) is 11.1 Å². The Hall–Kier alpha value is -2.64. The molecule has 1 aromatic heterocycles. The van der Waals surface area contributed by atoms with Crippen molar-refractivity contribution in [1.29, 1.82) is 0 Å². The summed E-state index contributed by atoms with van der Waals surface area (Å²) in [4.78, 5) is 19.5. The molecule has 168 valence electrons. The van der Waals surface area contributed by atoms with Gasteiger partial charge in [-0.3, -0.25) is 4.79 Å². The maximum atomic E-state index is 14.7. The fraction of sp³-hybridized carbons (Fsp3) is 0.360. The summed E-state index contributed by atoms with van der Waals surface area (Å²) in [5.41, 5.74) is 3.56. The number of aromatic nitrogens is 2. The second-order valence-corrected chi connectivity index (χ2v) is 9.41. The van der Waals surface area contributed by atoms with Crippen molar-refractivity contribution in [2.45, 2.75) is 31.8 Å². The number of imidazole rings is 1. The number of amides is 1. The smallest absolute Gasteiger partial charge is 0.274 e. The molecule has 5 nitrogen and oxygen atoms in total. The molecule has 32 heavy (non-hydrogen) atoms. The third-order valence-corrected chi connectivity index (χ3v) is 6.89. The molecule has 0 unspecified atom stereocenters. The summed E-state index contributed by atoms with van der Waals surface area (Å²) in [5.74, 6) is 1.68. The number of thioether (sulfide) groups is 1. The van der Waals surface area contributed by atoms with Gasteiger partial charge in [0, 0.05) is 38.0 Å². The van der Waals surface area contributed by atoms with Gasteiger partial charge in [-0.05, 0) is 59.6 Å². The minimum absolute atomic E-state index is 0.0518. The van der Waals surface area contributed by atoms with Crippen molar-refractivity contribution < 1.29 is 14.3 Å². The van der Waals surface area contributed by atoms with Gasteiger partial charge in [0.25, 0.3) is 5.91 Å². The molecule has 1 fully saturated rings. The molecule has 0 atom stereocenters. The van der Waals surface area contributed by atoms with Gasteiger partial charge in [0.1, 0.15) is 11.5 Å². The van der Waals surface area contributed by atoms with Gasteiger partial charge in [0.05, 0.1) is 6.33 Å². The number of halogens is 1. The predicted molar refractivity (Wildman–Crippen MR) is 126 cm³/mol. The van der Waals surface area contributed by atoms with Gasteiger partial charge < -0.3 is 14.6 Å². The molecule has 1 aliphatic rings. The molecular formula is C25H28FN3O2S. The van der Waals surface area contributed by atoms with Crippen molar-refractivity contribution in [1.82, 2.24) is 14.5 Å². The largest absolute Gasteiger partial charge is 0.396 e. The highest BCUT2D eigenvalue weighted by Gasteiger charge is 2.28. The monoisotopic (exact) mass is 453 g/mol. The molecule has 2 aromatic carbocycles. The molecular weight excluding hydrogens is 425 g/mol. The van der Waals surface area contributed by atoms with E-state index in [0.29, 0.717) is 24.2 Å². The molecule has 7 heteroatoms. The number of carbonyl (C=O) groups excluding carboxylic acids is 1. The van der Waals surface area contributed by atoms with Crippen molar-refractivity contribution in [3.63, 3.8) is 0 Å². The van der Waals surface area contributed by atoms with Crippen molar-refractivity contribution in [3.05, 3.63) is 77.6 Å². The molecule has 0 spiro atoms. The number of hydrogen-bond acceptors (Lipinski definition) is 4. The minimum Gasteiger partial charge on any atom is -0.396 e. The number of aliphatic hydroxyl groups excluding tert-OH is 1. The van der Waals surface area contributed by atoms with Gasteiger partial charge in [-0.2, -0.15) is 11.8 Å². The third kappa shape index (κ3) is 5.22. The van der Waals surface area contributed by atoms with E-state index in [9.17, 15) is 14.3 Å². The first kappa shape index (κ1) is 22.6. The Morgan fingerprint density at radius 3 is 2.75 bits per heavy atom. The van der Waals surface area contributed by atoms with Crippen LogP contribution >= 0.6 is 11.8 Å². The van der Waals surface area contributed by atoms with E-state index in [2.05, 4.69) is 4.98 Å². The lowest BCUT2D eigenvalue weighted by atomic mass is 9.99. The van der Waals surface area contributed by atoms with Gasteiger partial charge >= 0.3 is 0 Å². The van der Waals surface area contributed by atoms with Crippen molar-refractivity contribution in [3.8, 4) is 11.1 Å². The molecule has 3 aromatic rings. The van der Waals surface area contributed by atoms with Crippen molar-refractivity contribution in [2.75, 3.05) is 18.1 Å². The van der Waals surface area contributed by atoms with Crippen LogP contribution in [-0.2, 0) is 20.0 Å². The van der Waals surface area contributed by atoms with Crippen LogP contribution in [0.4, 0.5) is 4.39 Å². The molecule has 1 saturated heterocycles. The topological polar surface area (TPSA) is 58.4 Å². The van der Waals surface area contributed by atoms with Crippen LogP contribution in [0.3, 0.4) is 0 Å². The fourth-order valence-corrected chi connectivity index (χ4v) is 5.23. The van der Waals surface area contributed by atoms with Gasteiger partial charge in [-0.1, -0.05) is 30.3 Å². The molecule has 0 bridgehead atoms. The Morgan fingerprint density at radius 1 is 1.22 bits per heavy atom. The van der Waals surface area contributed by atoms with Gasteiger partial charge in [-0.15, -0.1) is 0 Å². The van der Waals surface area contributed by atoms with Crippen LogP contribution in [-0.4, -0.2) is 49.6 Å². The summed E-state index contributed by atoms with van der Waals surface area (Å²) in [5, 5.41) is 9.23. The van der Waals surface area contributed by atoms with Gasteiger partial charge in [0.2, 0.25) is 0 Å². The molecule has 2 heterocycles. The molecule has 0 aliphatic carbocycles. The van der Waals surface area contributed by atoms with Crippen molar-refractivity contribution in [2.24, 2.45) is 7.05 Å². The Morgan fingerprint density at radius 2 is 2.03 bits per heavy atom. The summed E-state index contributed by atoms with van der Waals surface area (Å²) >= 11 is 1.92. The summed E-state index contributed by atoms with van der Waals surface area (Å²) < 4.78 is 16.5. The zero-order chi connectivity index (χ0) is 22.5. The average molecular weight is 454 g/mol. The standard InChI is InChI=1S/C25H28FN3O2S/c1-28-16-24(27-17-28)25(31)29(21-8-11-32-12-9-21)15-19-5-6-23(26)22(14-19)20-4-2-3-18(13-20)7-10-30/h2-6,13-14,16-17,21,30H,7-12,15H2,1H3. The Labute approximate surface area is 192 Å². The van der Waals surface area contributed by atoms with E-state index in [1.54, 1.807) is 23.2 Å². The number of benzene rings is 2. The molecule has 1 amide bonds. The number of rotatable bonds is 7. The van der Waals surface area contributed by atoms with Crippen LogP contribution < -0.4 is 0 Å². The first-order chi connectivity index (χ1) is 15.5. The number of aliphatic hydroxyl groups is 1. The van der Waals surface area contributed by atoms with E-state index >= 15 is 0 Å². The van der Waals surface area contributed by atoms with Crippen LogP contribution in [0.15, 0.2) is 55.0 Å². The zero-order valence-electron chi connectivity index (χ0n) is 18.2. The van der Waals surface area contributed by atoms with E-state index in [1.165, 1.54) is 6.07 Å².